The average molecular weight is 271 g/mol. The van der Waals surface area contributed by atoms with Crippen LogP contribution in [0.3, 0.4) is 0 Å². The summed E-state index contributed by atoms with van der Waals surface area (Å²) >= 11 is 0. The molecule has 0 spiro atoms. The first kappa shape index (κ1) is 14.6. The SMILES string of the molecule is CN(C)C[C@H](O)COc1ccc(-c2ccccc2)cc1. The van der Waals surface area contributed by atoms with Gasteiger partial charge in [0.1, 0.15) is 18.5 Å². The topological polar surface area (TPSA) is 32.7 Å². The fourth-order valence-corrected chi connectivity index (χ4v) is 2.04. The van der Waals surface area contributed by atoms with Gasteiger partial charge in [-0.15, -0.1) is 0 Å². The maximum Gasteiger partial charge on any atom is 0.119 e. The smallest absolute Gasteiger partial charge is 0.119 e. The number of hydrogen-bond donors (Lipinski definition) is 1. The molecule has 2 rings (SSSR count). The molecule has 2 aromatic rings. The predicted molar refractivity (Wildman–Crippen MR) is 81.9 cm³/mol. The van der Waals surface area contributed by atoms with Gasteiger partial charge in [0.25, 0.3) is 0 Å². The Hall–Kier alpha value is -1.84. The standard InChI is InChI=1S/C17H21NO2/c1-18(2)12-16(19)13-20-17-10-8-15(9-11-17)14-6-4-3-5-7-14/h3-11,16,19H,12-13H2,1-2H3/t16-/m0/s1. The van der Waals surface area contributed by atoms with Crippen molar-refractivity contribution in [3.63, 3.8) is 0 Å². The molecule has 0 heterocycles. The van der Waals surface area contributed by atoms with Crippen molar-refractivity contribution in [2.45, 2.75) is 6.10 Å². The van der Waals surface area contributed by atoms with Gasteiger partial charge in [0.2, 0.25) is 0 Å². The molecule has 1 N–H and O–H groups in total. The van der Waals surface area contributed by atoms with Gasteiger partial charge in [0.15, 0.2) is 0 Å². The zero-order valence-corrected chi connectivity index (χ0v) is 12.0. The molecule has 0 aliphatic carbocycles. The number of aliphatic hydroxyl groups excluding tert-OH is 1. The van der Waals surface area contributed by atoms with Gasteiger partial charge in [-0.3, -0.25) is 0 Å². The van der Waals surface area contributed by atoms with E-state index in [0.29, 0.717) is 13.2 Å². The number of benzene rings is 2. The van der Waals surface area contributed by atoms with Gasteiger partial charge in [-0.1, -0.05) is 42.5 Å². The Balaban J connectivity index is 1.92. The monoisotopic (exact) mass is 271 g/mol. The van der Waals surface area contributed by atoms with E-state index >= 15 is 0 Å². The first-order valence-corrected chi connectivity index (χ1v) is 6.76. The largest absolute Gasteiger partial charge is 0.491 e. The predicted octanol–water partition coefficient (Wildman–Crippen LogP) is 2.65. The molecule has 106 valence electrons. The summed E-state index contributed by atoms with van der Waals surface area (Å²) in [5.41, 5.74) is 2.35. The van der Waals surface area contributed by atoms with Crippen molar-refractivity contribution in [3.8, 4) is 16.9 Å². The maximum absolute atomic E-state index is 9.75. The zero-order valence-electron chi connectivity index (χ0n) is 12.0. The Morgan fingerprint density at radius 2 is 1.55 bits per heavy atom. The lowest BCUT2D eigenvalue weighted by Gasteiger charge is -2.16. The highest BCUT2D eigenvalue weighted by atomic mass is 16.5. The third-order valence-corrected chi connectivity index (χ3v) is 2.98. The molecule has 20 heavy (non-hydrogen) atoms. The molecular formula is C17H21NO2. The molecule has 0 aliphatic heterocycles. The summed E-state index contributed by atoms with van der Waals surface area (Å²) in [6, 6.07) is 18.1. The van der Waals surface area contributed by atoms with Gasteiger partial charge in [-0.25, -0.2) is 0 Å². The molecule has 0 radical (unpaired) electrons. The number of rotatable bonds is 6. The minimum absolute atomic E-state index is 0.308. The first-order valence-electron chi connectivity index (χ1n) is 6.76. The van der Waals surface area contributed by atoms with E-state index in [1.807, 2.05) is 61.5 Å². The van der Waals surface area contributed by atoms with E-state index in [1.165, 1.54) is 5.56 Å². The molecule has 0 aromatic heterocycles. The second-order valence-electron chi connectivity index (χ2n) is 5.12. The lowest BCUT2D eigenvalue weighted by Crippen LogP contribution is -2.30. The van der Waals surface area contributed by atoms with Crippen LogP contribution in [-0.2, 0) is 0 Å². The molecular weight excluding hydrogens is 250 g/mol. The summed E-state index contributed by atoms with van der Waals surface area (Å²) in [6.45, 7) is 0.908. The van der Waals surface area contributed by atoms with Crippen molar-refractivity contribution >= 4 is 0 Å². The van der Waals surface area contributed by atoms with Crippen molar-refractivity contribution in [2.75, 3.05) is 27.2 Å². The van der Waals surface area contributed by atoms with E-state index < -0.39 is 6.10 Å². The Kier molecular flexibility index (Phi) is 5.16. The summed E-state index contributed by atoms with van der Waals surface area (Å²) in [7, 11) is 3.86. The molecule has 1 atom stereocenters. The highest BCUT2D eigenvalue weighted by Gasteiger charge is 2.06. The van der Waals surface area contributed by atoms with Crippen molar-refractivity contribution in [1.82, 2.24) is 4.90 Å². The van der Waals surface area contributed by atoms with Crippen LogP contribution in [-0.4, -0.2) is 43.4 Å². The number of likely N-dealkylation sites (N-methyl/N-ethyl adjacent to an activating group) is 1. The van der Waals surface area contributed by atoms with Crippen molar-refractivity contribution in [1.29, 1.82) is 0 Å². The highest BCUT2D eigenvalue weighted by molar-refractivity contribution is 5.63. The van der Waals surface area contributed by atoms with Crippen LogP contribution in [0, 0.1) is 0 Å². The molecule has 0 aliphatic rings. The van der Waals surface area contributed by atoms with Gasteiger partial charge < -0.3 is 14.7 Å². The van der Waals surface area contributed by atoms with Crippen LogP contribution in [0.5, 0.6) is 5.75 Å². The Labute approximate surface area is 120 Å². The second kappa shape index (κ2) is 7.08. The van der Waals surface area contributed by atoms with E-state index in [-0.39, 0.29) is 0 Å². The lowest BCUT2D eigenvalue weighted by molar-refractivity contribution is 0.0831. The minimum atomic E-state index is -0.473. The highest BCUT2D eigenvalue weighted by Crippen LogP contribution is 2.22. The summed E-state index contributed by atoms with van der Waals surface area (Å²) in [5, 5.41) is 9.75. The number of nitrogens with zero attached hydrogens (tertiary/aromatic N) is 1. The first-order chi connectivity index (χ1) is 9.65. The fraction of sp³-hybridized carbons (Fsp3) is 0.294. The molecule has 0 fully saturated rings. The van der Waals surface area contributed by atoms with Gasteiger partial charge in [0, 0.05) is 6.54 Å². The van der Waals surface area contributed by atoms with Crippen LogP contribution in [0.15, 0.2) is 54.6 Å². The molecule has 0 bridgehead atoms. The average Bonchev–Trinajstić information content (AvgIpc) is 2.46. The van der Waals surface area contributed by atoms with E-state index in [9.17, 15) is 5.11 Å². The van der Waals surface area contributed by atoms with E-state index in [1.54, 1.807) is 0 Å². The van der Waals surface area contributed by atoms with Crippen LogP contribution in [0.25, 0.3) is 11.1 Å². The number of aliphatic hydroxyl groups is 1. The van der Waals surface area contributed by atoms with Gasteiger partial charge >= 0.3 is 0 Å². The van der Waals surface area contributed by atoms with Crippen LogP contribution in [0.1, 0.15) is 0 Å². The zero-order chi connectivity index (χ0) is 14.4. The summed E-state index contributed by atoms with van der Waals surface area (Å²) in [6.07, 6.45) is -0.473. The van der Waals surface area contributed by atoms with Crippen LogP contribution >= 0.6 is 0 Å². The van der Waals surface area contributed by atoms with E-state index in [2.05, 4.69) is 12.1 Å². The Bertz CT molecular complexity index is 508. The third kappa shape index (κ3) is 4.37. The van der Waals surface area contributed by atoms with Gasteiger partial charge in [-0.05, 0) is 37.4 Å². The second-order valence-corrected chi connectivity index (χ2v) is 5.12. The number of ether oxygens (including phenoxy) is 1. The van der Waals surface area contributed by atoms with Gasteiger partial charge in [0.05, 0.1) is 0 Å². The molecule has 3 nitrogen and oxygen atoms in total. The minimum Gasteiger partial charge on any atom is -0.491 e. The third-order valence-electron chi connectivity index (χ3n) is 2.98. The quantitative estimate of drug-likeness (QED) is 0.876. The van der Waals surface area contributed by atoms with E-state index in [0.717, 1.165) is 11.3 Å². The van der Waals surface area contributed by atoms with Crippen molar-refractivity contribution in [2.24, 2.45) is 0 Å². The molecule has 0 saturated heterocycles. The summed E-state index contributed by atoms with van der Waals surface area (Å²) in [4.78, 5) is 1.94. The fourth-order valence-electron chi connectivity index (χ4n) is 2.04. The van der Waals surface area contributed by atoms with Gasteiger partial charge in [-0.2, -0.15) is 0 Å². The summed E-state index contributed by atoms with van der Waals surface area (Å²) in [5.74, 6) is 0.780. The van der Waals surface area contributed by atoms with Crippen LogP contribution in [0.4, 0.5) is 0 Å². The van der Waals surface area contributed by atoms with Crippen LogP contribution in [0.2, 0.25) is 0 Å². The van der Waals surface area contributed by atoms with Crippen molar-refractivity contribution in [3.05, 3.63) is 54.6 Å². The maximum atomic E-state index is 9.75. The Morgan fingerprint density at radius 3 is 2.15 bits per heavy atom. The summed E-state index contributed by atoms with van der Waals surface area (Å²) < 4.78 is 5.58. The molecule has 2 aromatic carbocycles. The molecule has 3 heteroatoms. The Morgan fingerprint density at radius 1 is 0.950 bits per heavy atom. The molecule has 0 saturated carbocycles. The normalized spacial score (nSPS) is 12.4. The lowest BCUT2D eigenvalue weighted by atomic mass is 10.1. The van der Waals surface area contributed by atoms with Crippen LogP contribution < -0.4 is 4.74 Å². The molecule has 0 amide bonds. The van der Waals surface area contributed by atoms with Crippen molar-refractivity contribution < 1.29 is 9.84 Å². The molecule has 0 unspecified atom stereocenters. The van der Waals surface area contributed by atoms with E-state index in [4.69, 9.17) is 4.74 Å². The number of hydrogen-bond acceptors (Lipinski definition) is 3.